The molecule has 1 aromatic carbocycles. The van der Waals surface area contributed by atoms with Crippen LogP contribution >= 0.6 is 0 Å². The maximum Gasteiger partial charge on any atom is 0.333 e. The Labute approximate surface area is 175 Å². The Morgan fingerprint density at radius 1 is 0.967 bits per heavy atom. The van der Waals surface area contributed by atoms with Gasteiger partial charge in [-0.1, -0.05) is 39.8 Å². The van der Waals surface area contributed by atoms with E-state index in [0.717, 1.165) is 14.5 Å². The Kier molecular flexibility index (Phi) is 5.68. The molecule has 162 valence electrons. The lowest BCUT2D eigenvalue weighted by Gasteiger charge is -2.29. The van der Waals surface area contributed by atoms with Gasteiger partial charge in [0.05, 0.1) is 21.7 Å². The van der Waals surface area contributed by atoms with Crippen LogP contribution in [0.4, 0.5) is 5.69 Å². The number of aromatic nitrogens is 2. The first-order valence-corrected chi connectivity index (χ1v) is 11.4. The fourth-order valence-electron chi connectivity index (χ4n) is 3.59. The molecule has 3 rings (SSSR count). The molecule has 1 aromatic heterocycles. The summed E-state index contributed by atoms with van der Waals surface area (Å²) in [6.45, 7) is 7.86. The first-order chi connectivity index (χ1) is 14.0. The van der Waals surface area contributed by atoms with Gasteiger partial charge in [-0.2, -0.15) is 0 Å². The van der Waals surface area contributed by atoms with Gasteiger partial charge in [-0.15, -0.1) is 0 Å². The predicted octanol–water partition coefficient (Wildman–Crippen LogP) is 2.25. The third kappa shape index (κ3) is 3.69. The molecule has 0 radical (unpaired) electrons. The fourth-order valence-corrected chi connectivity index (χ4v) is 5.05. The largest absolute Gasteiger partial charge is 0.494 e. The molecule has 0 unspecified atom stereocenters. The van der Waals surface area contributed by atoms with E-state index in [2.05, 4.69) is 0 Å². The molecular formula is C21H27N3O5S. The van der Waals surface area contributed by atoms with Gasteiger partial charge < -0.3 is 10.0 Å². The monoisotopic (exact) mass is 433 g/mol. The highest BCUT2D eigenvalue weighted by molar-refractivity contribution is 7.94. The fraction of sp³-hybridized carbons (Fsp3) is 0.429. The molecule has 0 saturated carbocycles. The van der Waals surface area contributed by atoms with Crippen LogP contribution in [0.3, 0.4) is 0 Å². The van der Waals surface area contributed by atoms with E-state index >= 15 is 0 Å². The third-order valence-corrected chi connectivity index (χ3v) is 6.40. The van der Waals surface area contributed by atoms with Gasteiger partial charge >= 0.3 is 5.69 Å². The van der Waals surface area contributed by atoms with Crippen LogP contribution in [0.5, 0.6) is 5.88 Å². The van der Waals surface area contributed by atoms with Gasteiger partial charge in [0.25, 0.3) is 5.56 Å². The van der Waals surface area contributed by atoms with Crippen molar-refractivity contribution in [2.24, 2.45) is 11.8 Å². The van der Waals surface area contributed by atoms with Crippen LogP contribution in [-0.4, -0.2) is 29.7 Å². The lowest BCUT2D eigenvalue weighted by Crippen LogP contribution is -2.44. The van der Waals surface area contributed by atoms with Crippen LogP contribution < -0.4 is 16.1 Å². The van der Waals surface area contributed by atoms with E-state index < -0.39 is 27.0 Å². The van der Waals surface area contributed by atoms with E-state index in [1.165, 1.54) is 6.07 Å². The Bertz CT molecular complexity index is 1240. The zero-order valence-electron chi connectivity index (χ0n) is 17.8. The van der Waals surface area contributed by atoms with E-state index in [1.807, 2.05) is 27.7 Å². The van der Waals surface area contributed by atoms with Gasteiger partial charge in [-0.05, 0) is 24.0 Å². The summed E-state index contributed by atoms with van der Waals surface area (Å²) in [5.41, 5.74) is -1.08. The number of fused-ring (bicyclic) bond motifs is 1. The molecule has 2 aromatic rings. The van der Waals surface area contributed by atoms with Crippen molar-refractivity contribution in [2.75, 3.05) is 11.9 Å². The number of hydrogen-bond donors (Lipinski definition) is 1. The summed E-state index contributed by atoms with van der Waals surface area (Å²) in [6.07, 6.45) is 0. The average Bonchev–Trinajstić information content (AvgIpc) is 2.66. The van der Waals surface area contributed by atoms with Crippen LogP contribution in [0, 0.1) is 11.8 Å². The summed E-state index contributed by atoms with van der Waals surface area (Å²) >= 11 is 0. The number of benzene rings is 1. The van der Waals surface area contributed by atoms with E-state index in [9.17, 15) is 23.1 Å². The maximum atomic E-state index is 13.3. The molecule has 2 heterocycles. The topological polar surface area (TPSA) is 102 Å². The van der Waals surface area contributed by atoms with Crippen LogP contribution in [0.25, 0.3) is 5.70 Å². The van der Waals surface area contributed by atoms with Crippen LogP contribution in [0.15, 0.2) is 44.2 Å². The lowest BCUT2D eigenvalue weighted by atomic mass is 10.1. The second-order valence-electron chi connectivity index (χ2n) is 8.37. The van der Waals surface area contributed by atoms with Crippen molar-refractivity contribution in [3.05, 3.63) is 56.1 Å². The molecule has 1 aliphatic heterocycles. The molecule has 0 spiro atoms. The van der Waals surface area contributed by atoms with E-state index in [1.54, 1.807) is 30.1 Å². The number of aromatic hydroxyl groups is 1. The minimum atomic E-state index is -3.84. The van der Waals surface area contributed by atoms with Crippen molar-refractivity contribution < 1.29 is 13.5 Å². The molecule has 8 nitrogen and oxygen atoms in total. The predicted molar refractivity (Wildman–Crippen MR) is 116 cm³/mol. The summed E-state index contributed by atoms with van der Waals surface area (Å²) in [7, 11) is -2.21. The molecule has 0 fully saturated rings. The summed E-state index contributed by atoms with van der Waals surface area (Å²) < 4.78 is 27.9. The van der Waals surface area contributed by atoms with Crippen molar-refractivity contribution >= 4 is 21.2 Å². The Hall–Kier alpha value is -2.81. The highest BCUT2D eigenvalue weighted by atomic mass is 32.2. The van der Waals surface area contributed by atoms with Crippen molar-refractivity contribution in [3.8, 4) is 5.88 Å². The summed E-state index contributed by atoms with van der Waals surface area (Å²) in [5.74, 6) is -0.497. The standard InChI is InChI=1S/C21H27N3O5S/c1-13(2)10-23-19(25)18(20(26)24(21(23)27)11-14(3)4)16-12-30(28,29)17-9-7-6-8-15(17)22(16)5/h6-9,12-14,25H,10-11H2,1-5H3. The molecule has 0 amide bonds. The van der Waals surface area contributed by atoms with Gasteiger partial charge in [-0.3, -0.25) is 13.9 Å². The van der Waals surface area contributed by atoms with Crippen LogP contribution in [0.2, 0.25) is 0 Å². The van der Waals surface area contributed by atoms with Crippen LogP contribution in [-0.2, 0) is 22.9 Å². The summed E-state index contributed by atoms with van der Waals surface area (Å²) in [5, 5.41) is 11.9. The van der Waals surface area contributed by atoms with E-state index in [0.29, 0.717) is 5.69 Å². The Balaban J connectivity index is 2.37. The zero-order valence-corrected chi connectivity index (χ0v) is 18.6. The molecule has 1 aliphatic rings. The van der Waals surface area contributed by atoms with Crippen molar-refractivity contribution in [1.29, 1.82) is 0 Å². The zero-order chi connectivity index (χ0) is 22.4. The number of anilines is 1. The van der Waals surface area contributed by atoms with Gasteiger partial charge in [0.1, 0.15) is 5.56 Å². The van der Waals surface area contributed by atoms with Crippen LogP contribution in [0.1, 0.15) is 33.3 Å². The smallest absolute Gasteiger partial charge is 0.333 e. The quantitative estimate of drug-likeness (QED) is 0.776. The number of nitrogens with zero attached hydrogens (tertiary/aromatic N) is 3. The van der Waals surface area contributed by atoms with Crippen molar-refractivity contribution in [1.82, 2.24) is 9.13 Å². The Morgan fingerprint density at radius 3 is 2.13 bits per heavy atom. The van der Waals surface area contributed by atoms with E-state index in [4.69, 9.17) is 0 Å². The van der Waals surface area contributed by atoms with Crippen molar-refractivity contribution in [2.45, 2.75) is 45.7 Å². The first kappa shape index (κ1) is 21.9. The summed E-state index contributed by atoms with van der Waals surface area (Å²) in [4.78, 5) is 27.9. The molecule has 1 N–H and O–H groups in total. The highest BCUT2D eigenvalue weighted by Gasteiger charge is 2.32. The third-order valence-electron chi connectivity index (χ3n) is 4.91. The minimum absolute atomic E-state index is 0.00261. The second kappa shape index (κ2) is 7.79. The lowest BCUT2D eigenvalue weighted by molar-refractivity contribution is 0.356. The Morgan fingerprint density at radius 2 is 1.53 bits per heavy atom. The van der Waals surface area contributed by atoms with Crippen molar-refractivity contribution in [3.63, 3.8) is 0 Å². The molecule has 0 saturated heterocycles. The summed E-state index contributed by atoms with van der Waals surface area (Å²) in [6, 6.07) is 6.45. The second-order valence-corrected chi connectivity index (χ2v) is 10.1. The van der Waals surface area contributed by atoms with Gasteiger partial charge in [0.15, 0.2) is 0 Å². The molecule has 0 aliphatic carbocycles. The van der Waals surface area contributed by atoms with Gasteiger partial charge in [-0.25, -0.2) is 13.2 Å². The number of para-hydroxylation sites is 1. The number of sulfone groups is 1. The SMILES string of the molecule is CC(C)Cn1c(O)c(C2=CS(=O)(=O)c3ccccc3N2C)c(=O)n(CC(C)C)c1=O. The normalized spacial score (nSPS) is 15.4. The number of rotatable bonds is 5. The average molecular weight is 434 g/mol. The maximum absolute atomic E-state index is 13.3. The van der Waals surface area contributed by atoms with Gasteiger partial charge in [0, 0.05) is 20.1 Å². The molecule has 30 heavy (non-hydrogen) atoms. The highest BCUT2D eigenvalue weighted by Crippen LogP contribution is 2.38. The molecule has 0 bridgehead atoms. The number of hydrogen-bond acceptors (Lipinski definition) is 6. The first-order valence-electron chi connectivity index (χ1n) is 9.82. The molecule has 9 heteroatoms. The van der Waals surface area contributed by atoms with Gasteiger partial charge in [0.2, 0.25) is 15.7 Å². The minimum Gasteiger partial charge on any atom is -0.494 e. The molecule has 0 atom stereocenters. The van der Waals surface area contributed by atoms with E-state index in [-0.39, 0.29) is 41.1 Å². The molecular weight excluding hydrogens is 406 g/mol.